The first kappa shape index (κ1) is 16.0. The third-order valence-corrected chi connectivity index (χ3v) is 3.23. The van der Waals surface area contributed by atoms with Crippen LogP contribution in [0.2, 0.25) is 5.15 Å². The minimum Gasteiger partial charge on any atom is -0.320 e. The number of hydrogen-bond acceptors (Lipinski definition) is 4. The maximum absolute atomic E-state index is 10.8. The number of nitro groups is 1. The molecule has 0 bridgehead atoms. The quantitative estimate of drug-likeness (QED) is 0.354. The first-order chi connectivity index (χ1) is 10.5. The van der Waals surface area contributed by atoms with Crippen LogP contribution in [0.5, 0.6) is 0 Å². The molecule has 0 amide bonds. The number of nitrogens with zero attached hydrogens (tertiary/aromatic N) is 6. The molecule has 0 radical (unpaired) electrons. The van der Waals surface area contributed by atoms with Crippen LogP contribution in [0.25, 0.3) is 0 Å². The molecule has 1 fully saturated rings. The Morgan fingerprint density at radius 2 is 2.23 bits per heavy atom. The SMILES string of the molecule is C#CCN1CN(C)CN(Cc2ccc(Cl)nc2)C1=N[N+](=O)[O-]. The van der Waals surface area contributed by atoms with Crippen LogP contribution >= 0.6 is 11.6 Å². The molecular formula is C13H15ClN6O2. The van der Waals surface area contributed by atoms with Crippen LogP contribution in [0.3, 0.4) is 0 Å². The Hall–Kier alpha value is -2.37. The van der Waals surface area contributed by atoms with Gasteiger partial charge in [-0.2, -0.15) is 0 Å². The Kier molecular flexibility index (Phi) is 5.14. The third-order valence-electron chi connectivity index (χ3n) is 3.01. The van der Waals surface area contributed by atoms with Crippen LogP contribution in [-0.2, 0) is 6.54 Å². The van der Waals surface area contributed by atoms with E-state index < -0.39 is 5.03 Å². The van der Waals surface area contributed by atoms with Gasteiger partial charge in [0.2, 0.25) is 0 Å². The van der Waals surface area contributed by atoms with Gasteiger partial charge < -0.3 is 9.80 Å². The highest BCUT2D eigenvalue weighted by Gasteiger charge is 2.29. The molecule has 8 nitrogen and oxygen atoms in total. The number of terminal acetylenes is 1. The van der Waals surface area contributed by atoms with Crippen LogP contribution in [0.1, 0.15) is 5.56 Å². The van der Waals surface area contributed by atoms with E-state index in [1.807, 2.05) is 18.0 Å². The molecule has 1 aromatic rings. The van der Waals surface area contributed by atoms with Crippen LogP contribution in [0.15, 0.2) is 23.4 Å². The van der Waals surface area contributed by atoms with Crippen molar-refractivity contribution in [3.05, 3.63) is 39.2 Å². The summed E-state index contributed by atoms with van der Waals surface area (Å²) in [4.78, 5) is 20.3. The minimum atomic E-state index is -0.711. The highest BCUT2D eigenvalue weighted by Crippen LogP contribution is 2.14. The summed E-state index contributed by atoms with van der Waals surface area (Å²) in [5.74, 6) is 2.74. The van der Waals surface area contributed by atoms with E-state index in [2.05, 4.69) is 16.0 Å². The number of hydrogen-bond donors (Lipinski definition) is 0. The normalized spacial score (nSPS) is 17.6. The lowest BCUT2D eigenvalue weighted by atomic mass is 10.2. The lowest BCUT2D eigenvalue weighted by Crippen LogP contribution is -2.57. The molecule has 0 saturated carbocycles. The van der Waals surface area contributed by atoms with Crippen molar-refractivity contribution in [3.8, 4) is 12.3 Å². The molecular weight excluding hydrogens is 308 g/mol. The number of rotatable bonds is 4. The predicted molar refractivity (Wildman–Crippen MR) is 82.3 cm³/mol. The van der Waals surface area contributed by atoms with E-state index in [1.165, 1.54) is 0 Å². The van der Waals surface area contributed by atoms with Gasteiger partial charge in [0, 0.05) is 12.7 Å². The van der Waals surface area contributed by atoms with Gasteiger partial charge in [0.05, 0.1) is 19.9 Å². The molecule has 0 unspecified atom stereocenters. The van der Waals surface area contributed by atoms with E-state index in [4.69, 9.17) is 18.0 Å². The molecule has 22 heavy (non-hydrogen) atoms. The van der Waals surface area contributed by atoms with Crippen LogP contribution in [-0.4, -0.2) is 57.6 Å². The molecule has 9 heteroatoms. The average Bonchev–Trinajstić information content (AvgIpc) is 2.45. The van der Waals surface area contributed by atoms with Crippen molar-refractivity contribution in [1.82, 2.24) is 19.7 Å². The standard InChI is InChI=1S/C13H15ClN6O2/c1-3-6-18-9-17(2)10-19(13(18)16-20(21)22)8-11-4-5-12(14)15-7-11/h1,4-5,7H,6,8-10H2,2H3. The summed E-state index contributed by atoms with van der Waals surface area (Å²) < 4.78 is 0. The summed E-state index contributed by atoms with van der Waals surface area (Å²) >= 11 is 5.76. The van der Waals surface area contributed by atoms with Crippen molar-refractivity contribution in [2.75, 3.05) is 26.9 Å². The van der Waals surface area contributed by atoms with Crippen molar-refractivity contribution in [2.24, 2.45) is 5.10 Å². The Morgan fingerprint density at radius 1 is 1.50 bits per heavy atom. The van der Waals surface area contributed by atoms with Gasteiger partial charge in [-0.1, -0.05) is 23.6 Å². The third kappa shape index (κ3) is 4.07. The maximum Gasteiger partial charge on any atom is 0.277 e. The number of halogens is 1. The Morgan fingerprint density at radius 3 is 2.82 bits per heavy atom. The monoisotopic (exact) mass is 322 g/mol. The van der Waals surface area contributed by atoms with Gasteiger partial charge in [0.25, 0.3) is 5.96 Å². The summed E-state index contributed by atoms with van der Waals surface area (Å²) in [5.41, 5.74) is 0.872. The van der Waals surface area contributed by atoms with Gasteiger partial charge in [-0.15, -0.1) is 6.42 Å². The molecule has 1 aromatic heterocycles. The minimum absolute atomic E-state index is 0.242. The zero-order valence-electron chi connectivity index (χ0n) is 12.0. The molecule has 1 saturated heterocycles. The van der Waals surface area contributed by atoms with E-state index in [0.717, 1.165) is 5.56 Å². The number of pyridine rings is 1. The highest BCUT2D eigenvalue weighted by molar-refractivity contribution is 6.29. The fourth-order valence-electron chi connectivity index (χ4n) is 2.23. The zero-order valence-corrected chi connectivity index (χ0v) is 12.8. The van der Waals surface area contributed by atoms with E-state index >= 15 is 0 Å². The number of hydrazone groups is 1. The summed E-state index contributed by atoms with van der Waals surface area (Å²) in [6.07, 6.45) is 6.97. The van der Waals surface area contributed by atoms with E-state index in [1.54, 1.807) is 22.1 Å². The summed E-state index contributed by atoms with van der Waals surface area (Å²) in [7, 11) is 1.90. The molecule has 116 valence electrons. The Balaban J connectivity index is 2.26. The molecule has 0 spiro atoms. The summed E-state index contributed by atoms with van der Waals surface area (Å²) in [6.45, 7) is 1.64. The smallest absolute Gasteiger partial charge is 0.277 e. The zero-order chi connectivity index (χ0) is 16.1. The Labute approximate surface area is 133 Å². The fraction of sp³-hybridized carbons (Fsp3) is 0.385. The lowest BCUT2D eigenvalue weighted by Gasteiger charge is -2.41. The second kappa shape index (κ2) is 7.06. The predicted octanol–water partition coefficient (Wildman–Crippen LogP) is 0.880. The second-order valence-electron chi connectivity index (χ2n) is 4.87. The van der Waals surface area contributed by atoms with Gasteiger partial charge >= 0.3 is 0 Å². The Bertz CT molecular complexity index is 612. The van der Waals surface area contributed by atoms with Crippen LogP contribution in [0.4, 0.5) is 0 Å². The van der Waals surface area contributed by atoms with Gasteiger partial charge in [0.1, 0.15) is 10.3 Å². The molecule has 0 atom stereocenters. The van der Waals surface area contributed by atoms with E-state index in [9.17, 15) is 10.1 Å². The van der Waals surface area contributed by atoms with Gasteiger partial charge in [-0.3, -0.25) is 4.90 Å². The lowest BCUT2D eigenvalue weighted by molar-refractivity contribution is -0.486. The molecule has 1 aliphatic rings. The van der Waals surface area contributed by atoms with Crippen molar-refractivity contribution in [2.45, 2.75) is 6.54 Å². The molecule has 2 heterocycles. The van der Waals surface area contributed by atoms with Crippen molar-refractivity contribution < 1.29 is 5.03 Å². The van der Waals surface area contributed by atoms with Gasteiger partial charge in [-0.25, -0.2) is 15.1 Å². The number of guanidine groups is 1. The molecule has 2 rings (SSSR count). The van der Waals surface area contributed by atoms with Gasteiger partial charge in [-0.05, 0) is 18.7 Å². The fourth-order valence-corrected chi connectivity index (χ4v) is 2.34. The molecule has 1 aliphatic heterocycles. The molecule has 0 N–H and O–H groups in total. The highest BCUT2D eigenvalue weighted by atomic mass is 35.5. The van der Waals surface area contributed by atoms with Crippen molar-refractivity contribution in [1.29, 1.82) is 0 Å². The molecule has 0 aromatic carbocycles. The summed E-state index contributed by atoms with van der Waals surface area (Å²) in [5, 5.41) is 14.0. The molecule has 0 aliphatic carbocycles. The van der Waals surface area contributed by atoms with Crippen molar-refractivity contribution >= 4 is 17.6 Å². The first-order valence-corrected chi connectivity index (χ1v) is 6.82. The van der Waals surface area contributed by atoms with E-state index in [-0.39, 0.29) is 12.5 Å². The van der Waals surface area contributed by atoms with E-state index in [0.29, 0.717) is 25.0 Å². The first-order valence-electron chi connectivity index (χ1n) is 6.45. The van der Waals surface area contributed by atoms with Crippen LogP contribution < -0.4 is 0 Å². The number of aromatic nitrogens is 1. The largest absolute Gasteiger partial charge is 0.320 e. The average molecular weight is 323 g/mol. The summed E-state index contributed by atoms with van der Waals surface area (Å²) in [6, 6.07) is 3.49. The van der Waals surface area contributed by atoms with Gasteiger partial charge in [0.15, 0.2) is 5.03 Å². The maximum atomic E-state index is 10.8. The topological polar surface area (TPSA) is 78.1 Å². The van der Waals surface area contributed by atoms with Crippen LogP contribution in [0, 0.1) is 22.5 Å². The van der Waals surface area contributed by atoms with Crippen molar-refractivity contribution in [3.63, 3.8) is 0 Å². The second-order valence-corrected chi connectivity index (χ2v) is 5.25.